The van der Waals surface area contributed by atoms with Crippen LogP contribution in [0.2, 0.25) is 0 Å². The largest absolute Gasteiger partial charge is 0.480 e. The number of rotatable bonds is 6. The molecular formula is C10H14BrNO4S2. The van der Waals surface area contributed by atoms with Gasteiger partial charge in [0.2, 0.25) is 0 Å². The Hall–Kier alpha value is -0.440. The molecular weight excluding hydrogens is 342 g/mol. The van der Waals surface area contributed by atoms with Crippen LogP contribution in [0.4, 0.5) is 0 Å². The Kier molecular flexibility index (Phi) is 5.32. The lowest BCUT2D eigenvalue weighted by atomic mass is 10.1. The molecule has 1 atom stereocenters. The first-order valence-corrected chi connectivity index (χ1v) is 8.37. The van der Waals surface area contributed by atoms with Gasteiger partial charge in [0.25, 0.3) is 10.0 Å². The number of hydrogen-bond acceptors (Lipinski definition) is 4. The van der Waals surface area contributed by atoms with Gasteiger partial charge in [-0.3, -0.25) is 4.79 Å². The maximum atomic E-state index is 12.0. The third-order valence-electron chi connectivity index (χ3n) is 2.13. The minimum atomic E-state index is -3.80. The monoisotopic (exact) mass is 355 g/mol. The molecule has 0 aliphatic rings. The normalized spacial score (nSPS) is 13.8. The van der Waals surface area contributed by atoms with Crippen molar-refractivity contribution in [3.8, 4) is 0 Å². The predicted octanol–water partition coefficient (Wildman–Crippen LogP) is 2.29. The van der Waals surface area contributed by atoms with Crippen molar-refractivity contribution in [2.45, 2.75) is 30.5 Å². The summed E-state index contributed by atoms with van der Waals surface area (Å²) in [5.74, 6) is -1.08. The van der Waals surface area contributed by atoms with Crippen LogP contribution in [0.15, 0.2) is 20.1 Å². The number of halogens is 1. The molecule has 0 aliphatic carbocycles. The molecule has 102 valence electrons. The molecule has 8 heteroatoms. The molecule has 0 aromatic carbocycles. The van der Waals surface area contributed by atoms with Crippen molar-refractivity contribution in [3.63, 3.8) is 0 Å². The van der Waals surface area contributed by atoms with E-state index in [9.17, 15) is 13.2 Å². The number of hydrogen-bond donors (Lipinski definition) is 2. The first-order valence-electron chi connectivity index (χ1n) is 5.22. The second kappa shape index (κ2) is 6.14. The van der Waals surface area contributed by atoms with Crippen molar-refractivity contribution in [2.75, 3.05) is 0 Å². The highest BCUT2D eigenvalue weighted by atomic mass is 79.9. The summed E-state index contributed by atoms with van der Waals surface area (Å²) < 4.78 is 26.8. The molecule has 18 heavy (non-hydrogen) atoms. The van der Waals surface area contributed by atoms with E-state index in [0.29, 0.717) is 4.47 Å². The van der Waals surface area contributed by atoms with Gasteiger partial charge >= 0.3 is 5.97 Å². The van der Waals surface area contributed by atoms with Crippen molar-refractivity contribution < 1.29 is 18.3 Å². The maximum Gasteiger partial charge on any atom is 0.321 e. The van der Waals surface area contributed by atoms with Gasteiger partial charge in [0, 0.05) is 4.47 Å². The first kappa shape index (κ1) is 15.6. The fraction of sp³-hybridized carbons (Fsp3) is 0.500. The smallest absolute Gasteiger partial charge is 0.321 e. The van der Waals surface area contributed by atoms with Crippen LogP contribution in [0.5, 0.6) is 0 Å². The van der Waals surface area contributed by atoms with Crippen molar-refractivity contribution in [3.05, 3.63) is 15.9 Å². The fourth-order valence-electron chi connectivity index (χ4n) is 1.38. The lowest BCUT2D eigenvalue weighted by Gasteiger charge is -2.16. The first-order chi connectivity index (χ1) is 8.24. The van der Waals surface area contributed by atoms with Gasteiger partial charge in [0.05, 0.1) is 0 Å². The minimum Gasteiger partial charge on any atom is -0.480 e. The Bertz CT molecular complexity index is 524. The molecule has 1 aromatic rings. The molecule has 0 unspecified atom stereocenters. The molecule has 0 amide bonds. The standard InChI is InChI=1S/C10H14BrNO4S2/c1-6(2)5-8(9(13)14)12-18(15,16)10-7(11)3-4-17-10/h3-4,6,8,12H,5H2,1-2H3,(H,13,14)/t8-/m0/s1. The van der Waals surface area contributed by atoms with Gasteiger partial charge in [0.1, 0.15) is 10.3 Å². The van der Waals surface area contributed by atoms with E-state index in [1.165, 1.54) is 0 Å². The third-order valence-corrected chi connectivity index (χ3v) is 6.27. The Morgan fingerprint density at radius 2 is 2.17 bits per heavy atom. The molecule has 0 bridgehead atoms. The SMILES string of the molecule is CC(C)C[C@H](NS(=O)(=O)c1sccc1Br)C(=O)O. The van der Waals surface area contributed by atoms with Crippen LogP contribution in [0.25, 0.3) is 0 Å². The Balaban J connectivity index is 2.94. The Morgan fingerprint density at radius 3 is 2.56 bits per heavy atom. The molecule has 0 aliphatic heterocycles. The summed E-state index contributed by atoms with van der Waals surface area (Å²) in [5, 5.41) is 10.6. The van der Waals surface area contributed by atoms with Gasteiger partial charge in [-0.1, -0.05) is 13.8 Å². The summed E-state index contributed by atoms with van der Waals surface area (Å²) in [4.78, 5) is 11.0. The molecule has 0 saturated heterocycles. The number of carboxylic acid groups (broad SMARTS) is 1. The zero-order valence-electron chi connectivity index (χ0n) is 9.88. The molecule has 5 nitrogen and oxygen atoms in total. The third kappa shape index (κ3) is 4.04. The molecule has 1 aromatic heterocycles. The van der Waals surface area contributed by atoms with Crippen molar-refractivity contribution >= 4 is 43.3 Å². The quantitative estimate of drug-likeness (QED) is 0.819. The van der Waals surface area contributed by atoms with E-state index >= 15 is 0 Å². The molecule has 0 fully saturated rings. The van der Waals surface area contributed by atoms with E-state index in [1.807, 2.05) is 13.8 Å². The molecule has 0 radical (unpaired) electrons. The summed E-state index contributed by atoms with van der Waals surface area (Å²) in [5.41, 5.74) is 0. The minimum absolute atomic E-state index is 0.0839. The van der Waals surface area contributed by atoms with Crippen LogP contribution in [-0.2, 0) is 14.8 Å². The summed E-state index contributed by atoms with van der Waals surface area (Å²) >= 11 is 4.16. The van der Waals surface area contributed by atoms with E-state index in [0.717, 1.165) is 11.3 Å². The van der Waals surface area contributed by atoms with E-state index in [4.69, 9.17) is 5.11 Å². The second-order valence-corrected chi connectivity index (χ2v) is 7.88. The van der Waals surface area contributed by atoms with Gasteiger partial charge < -0.3 is 5.11 Å². The fourth-order valence-corrected chi connectivity index (χ4v) is 4.94. The lowest BCUT2D eigenvalue weighted by molar-refractivity contribution is -0.139. The van der Waals surface area contributed by atoms with Crippen molar-refractivity contribution in [2.24, 2.45) is 5.92 Å². The Labute approximate surface area is 118 Å². The van der Waals surface area contributed by atoms with Gasteiger partial charge in [-0.25, -0.2) is 8.42 Å². The Morgan fingerprint density at radius 1 is 1.56 bits per heavy atom. The molecule has 2 N–H and O–H groups in total. The number of thiophene rings is 1. The number of sulfonamides is 1. The predicted molar refractivity (Wildman–Crippen MR) is 73.2 cm³/mol. The summed E-state index contributed by atoms with van der Waals surface area (Å²) in [6.07, 6.45) is 0.248. The van der Waals surface area contributed by atoms with Gasteiger partial charge in [-0.15, -0.1) is 11.3 Å². The van der Waals surface area contributed by atoms with Crippen LogP contribution in [0.3, 0.4) is 0 Å². The number of carbonyl (C=O) groups is 1. The van der Waals surface area contributed by atoms with Crippen molar-refractivity contribution in [1.82, 2.24) is 4.72 Å². The zero-order chi connectivity index (χ0) is 13.9. The highest BCUT2D eigenvalue weighted by molar-refractivity contribution is 9.10. The molecule has 1 rings (SSSR count). The molecule has 0 spiro atoms. The van der Waals surface area contributed by atoms with Gasteiger partial charge in [-0.2, -0.15) is 4.72 Å². The van der Waals surface area contributed by atoms with Gasteiger partial charge in [0.15, 0.2) is 0 Å². The van der Waals surface area contributed by atoms with Crippen LogP contribution in [0.1, 0.15) is 20.3 Å². The average Bonchev–Trinajstić information content (AvgIpc) is 2.62. The van der Waals surface area contributed by atoms with Crippen LogP contribution < -0.4 is 4.72 Å². The molecule has 0 saturated carbocycles. The van der Waals surface area contributed by atoms with Crippen LogP contribution in [0, 0.1) is 5.92 Å². The summed E-state index contributed by atoms with van der Waals surface area (Å²) in [7, 11) is -3.80. The maximum absolute atomic E-state index is 12.0. The number of nitrogens with one attached hydrogen (secondary N) is 1. The zero-order valence-corrected chi connectivity index (χ0v) is 13.1. The molecule has 1 heterocycles. The highest BCUT2D eigenvalue weighted by Crippen LogP contribution is 2.27. The highest BCUT2D eigenvalue weighted by Gasteiger charge is 2.28. The van der Waals surface area contributed by atoms with Crippen molar-refractivity contribution in [1.29, 1.82) is 0 Å². The topological polar surface area (TPSA) is 83.5 Å². The van der Waals surface area contributed by atoms with Crippen LogP contribution >= 0.6 is 27.3 Å². The second-order valence-electron chi connectivity index (χ2n) is 4.20. The summed E-state index contributed by atoms with van der Waals surface area (Å²) in [6.45, 7) is 3.68. The van der Waals surface area contributed by atoms with E-state index in [2.05, 4.69) is 20.7 Å². The van der Waals surface area contributed by atoms with E-state index < -0.39 is 22.0 Å². The summed E-state index contributed by atoms with van der Waals surface area (Å²) in [6, 6.07) is 0.501. The van der Waals surface area contributed by atoms with Crippen LogP contribution in [-0.4, -0.2) is 25.5 Å². The average molecular weight is 356 g/mol. The van der Waals surface area contributed by atoms with E-state index in [-0.39, 0.29) is 16.5 Å². The van der Waals surface area contributed by atoms with E-state index in [1.54, 1.807) is 11.4 Å². The number of carboxylic acids is 1. The van der Waals surface area contributed by atoms with Gasteiger partial charge in [-0.05, 0) is 39.7 Å². The lowest BCUT2D eigenvalue weighted by Crippen LogP contribution is -2.41. The number of aliphatic carboxylic acids is 1.